The fourth-order valence-corrected chi connectivity index (χ4v) is 1.75. The van der Waals surface area contributed by atoms with E-state index < -0.39 is 10.8 Å². The highest BCUT2D eigenvalue weighted by Gasteiger charge is 1.95. The Morgan fingerprint density at radius 2 is 2.00 bits per heavy atom. The van der Waals surface area contributed by atoms with Crippen molar-refractivity contribution >= 4 is 10.8 Å². The molecule has 1 aromatic rings. The Hall–Kier alpha value is -1.15. The van der Waals surface area contributed by atoms with E-state index in [1.165, 1.54) is 0 Å². The Kier molecular flexibility index (Phi) is 3.65. The molecule has 1 unspecified atom stereocenters. The lowest BCUT2D eigenvalue weighted by molar-refractivity contribution is 0.688. The van der Waals surface area contributed by atoms with E-state index in [-0.39, 0.29) is 0 Å². The second kappa shape index (κ2) is 4.77. The molecule has 13 heavy (non-hydrogen) atoms. The van der Waals surface area contributed by atoms with Crippen LogP contribution in [0.15, 0.2) is 58.9 Å². The van der Waals surface area contributed by atoms with E-state index in [1.807, 2.05) is 37.3 Å². The van der Waals surface area contributed by atoms with E-state index in [0.29, 0.717) is 0 Å². The van der Waals surface area contributed by atoms with Crippen LogP contribution in [0.3, 0.4) is 0 Å². The van der Waals surface area contributed by atoms with Gasteiger partial charge in [-0.25, -0.2) is 4.21 Å². The van der Waals surface area contributed by atoms with E-state index in [9.17, 15) is 4.21 Å². The third kappa shape index (κ3) is 3.38. The minimum atomic E-state index is -1.05. The van der Waals surface area contributed by atoms with Crippen molar-refractivity contribution in [3.63, 3.8) is 0 Å². The second-order valence-corrected chi connectivity index (χ2v) is 4.10. The molecular formula is C11H12OS. The summed E-state index contributed by atoms with van der Waals surface area (Å²) in [6.07, 6.45) is 1.77. The van der Waals surface area contributed by atoms with E-state index in [2.05, 4.69) is 6.58 Å². The maximum atomic E-state index is 11.5. The average molecular weight is 192 g/mol. The monoisotopic (exact) mass is 192 g/mol. The summed E-state index contributed by atoms with van der Waals surface area (Å²) >= 11 is 0. The largest absolute Gasteiger partial charge is 0.250 e. The Balaban J connectivity index is 2.76. The van der Waals surface area contributed by atoms with Crippen LogP contribution >= 0.6 is 0 Å². The molecule has 0 amide bonds. The van der Waals surface area contributed by atoms with E-state index >= 15 is 0 Å². The van der Waals surface area contributed by atoms with Gasteiger partial charge in [0, 0.05) is 10.3 Å². The first-order valence-corrected chi connectivity index (χ1v) is 5.21. The Morgan fingerprint density at radius 1 is 1.38 bits per heavy atom. The number of hydrogen-bond donors (Lipinski definition) is 0. The molecule has 0 aromatic heterocycles. The molecule has 0 N–H and O–H groups in total. The van der Waals surface area contributed by atoms with Crippen molar-refractivity contribution in [2.75, 3.05) is 0 Å². The van der Waals surface area contributed by atoms with Crippen LogP contribution in [-0.2, 0) is 10.8 Å². The molecule has 1 atom stereocenters. The summed E-state index contributed by atoms with van der Waals surface area (Å²) in [5.41, 5.74) is 0.907. The maximum absolute atomic E-state index is 11.5. The van der Waals surface area contributed by atoms with Crippen LogP contribution < -0.4 is 0 Å². The predicted octanol–water partition coefficient (Wildman–Crippen LogP) is 2.88. The van der Waals surface area contributed by atoms with Crippen molar-refractivity contribution in [3.05, 3.63) is 54.0 Å². The smallest absolute Gasteiger partial charge is 0.0776 e. The topological polar surface area (TPSA) is 17.1 Å². The average Bonchev–Trinajstić information content (AvgIpc) is 2.15. The molecule has 1 rings (SSSR count). The van der Waals surface area contributed by atoms with Crippen LogP contribution in [0.5, 0.6) is 0 Å². The van der Waals surface area contributed by atoms with Crippen LogP contribution in [0.1, 0.15) is 6.92 Å². The summed E-state index contributed by atoms with van der Waals surface area (Å²) < 4.78 is 11.5. The van der Waals surface area contributed by atoms with Gasteiger partial charge < -0.3 is 0 Å². The SMILES string of the molecule is C=C(C)/C=C/S(=O)c1ccccc1. The third-order valence-corrected chi connectivity index (χ3v) is 2.57. The first kappa shape index (κ1) is 9.93. The van der Waals surface area contributed by atoms with Gasteiger partial charge in [-0.3, -0.25) is 0 Å². The second-order valence-electron chi connectivity index (χ2n) is 2.76. The molecule has 1 aromatic carbocycles. The van der Waals surface area contributed by atoms with Crippen LogP contribution in [0.2, 0.25) is 0 Å². The fraction of sp³-hybridized carbons (Fsp3) is 0.0909. The third-order valence-electron chi connectivity index (χ3n) is 1.45. The maximum Gasteiger partial charge on any atom is 0.0776 e. The highest BCUT2D eigenvalue weighted by Crippen LogP contribution is 2.07. The number of hydrogen-bond acceptors (Lipinski definition) is 1. The van der Waals surface area contributed by atoms with Crippen LogP contribution in [0.25, 0.3) is 0 Å². The molecule has 0 bridgehead atoms. The molecule has 0 saturated heterocycles. The van der Waals surface area contributed by atoms with Gasteiger partial charge in [-0.1, -0.05) is 36.4 Å². The molecule has 0 spiro atoms. The van der Waals surface area contributed by atoms with Gasteiger partial charge >= 0.3 is 0 Å². The van der Waals surface area contributed by atoms with Crippen molar-refractivity contribution in [1.29, 1.82) is 0 Å². The fourth-order valence-electron chi connectivity index (χ4n) is 0.811. The van der Waals surface area contributed by atoms with E-state index in [1.54, 1.807) is 11.5 Å². The zero-order chi connectivity index (χ0) is 9.68. The zero-order valence-corrected chi connectivity index (χ0v) is 8.38. The number of allylic oxidation sites excluding steroid dienone is 2. The van der Waals surface area contributed by atoms with Crippen molar-refractivity contribution in [1.82, 2.24) is 0 Å². The standard InChI is InChI=1S/C11H12OS/c1-10(2)8-9-13(12)11-6-4-3-5-7-11/h3-9H,1H2,2H3/b9-8+. The van der Waals surface area contributed by atoms with Gasteiger partial charge in [-0.15, -0.1) is 0 Å². The first-order chi connectivity index (χ1) is 6.20. The summed E-state index contributed by atoms with van der Waals surface area (Å²) in [7, 11) is -1.05. The van der Waals surface area contributed by atoms with Crippen LogP contribution in [-0.4, -0.2) is 4.21 Å². The molecule has 0 saturated carbocycles. The van der Waals surface area contributed by atoms with Crippen LogP contribution in [0.4, 0.5) is 0 Å². The van der Waals surface area contributed by atoms with Crippen molar-refractivity contribution in [2.24, 2.45) is 0 Å². The Labute approximate surface area is 81.3 Å². The van der Waals surface area contributed by atoms with Crippen molar-refractivity contribution in [3.8, 4) is 0 Å². The number of rotatable bonds is 3. The lowest BCUT2D eigenvalue weighted by Crippen LogP contribution is -1.84. The number of benzene rings is 1. The van der Waals surface area contributed by atoms with Gasteiger partial charge in [0.2, 0.25) is 0 Å². The predicted molar refractivity (Wildman–Crippen MR) is 56.8 cm³/mol. The van der Waals surface area contributed by atoms with Gasteiger partial charge in [0.15, 0.2) is 0 Å². The summed E-state index contributed by atoms with van der Waals surface area (Å²) in [6.45, 7) is 5.57. The highest BCUT2D eigenvalue weighted by molar-refractivity contribution is 7.88. The molecule has 1 nitrogen and oxygen atoms in total. The Bertz CT molecular complexity index is 338. The van der Waals surface area contributed by atoms with Crippen LogP contribution in [0, 0.1) is 0 Å². The summed E-state index contributed by atoms with van der Waals surface area (Å²) in [6, 6.07) is 9.35. The van der Waals surface area contributed by atoms with Gasteiger partial charge in [0.05, 0.1) is 10.8 Å². The lowest BCUT2D eigenvalue weighted by Gasteiger charge is -1.94. The van der Waals surface area contributed by atoms with E-state index in [4.69, 9.17) is 0 Å². The molecule has 0 aliphatic heterocycles. The lowest BCUT2D eigenvalue weighted by atomic mass is 10.4. The van der Waals surface area contributed by atoms with Gasteiger partial charge in [0.25, 0.3) is 0 Å². The van der Waals surface area contributed by atoms with Gasteiger partial charge in [-0.2, -0.15) is 0 Å². The molecule has 0 radical (unpaired) electrons. The molecule has 68 valence electrons. The zero-order valence-electron chi connectivity index (χ0n) is 7.57. The normalized spacial score (nSPS) is 13.0. The van der Waals surface area contributed by atoms with Gasteiger partial charge in [-0.05, 0) is 19.1 Å². The van der Waals surface area contributed by atoms with E-state index in [0.717, 1.165) is 10.5 Å². The van der Waals surface area contributed by atoms with Gasteiger partial charge in [0.1, 0.15) is 0 Å². The first-order valence-electron chi connectivity index (χ1n) is 3.99. The quantitative estimate of drug-likeness (QED) is 0.673. The molecular weight excluding hydrogens is 180 g/mol. The minimum absolute atomic E-state index is 0.819. The summed E-state index contributed by atoms with van der Waals surface area (Å²) in [4.78, 5) is 0.819. The van der Waals surface area contributed by atoms with Crippen molar-refractivity contribution < 1.29 is 4.21 Å². The minimum Gasteiger partial charge on any atom is -0.250 e. The van der Waals surface area contributed by atoms with Crippen molar-refractivity contribution in [2.45, 2.75) is 11.8 Å². The molecule has 0 heterocycles. The molecule has 0 aliphatic rings. The summed E-state index contributed by atoms with van der Waals surface area (Å²) in [5, 5.41) is 1.65. The molecule has 0 fully saturated rings. The Morgan fingerprint density at radius 3 is 2.54 bits per heavy atom. The summed E-state index contributed by atoms with van der Waals surface area (Å²) in [5.74, 6) is 0. The highest BCUT2D eigenvalue weighted by atomic mass is 32.2. The molecule has 2 heteroatoms. The molecule has 0 aliphatic carbocycles.